The molecule has 230 valence electrons. The molecule has 0 aromatic heterocycles. The van der Waals surface area contributed by atoms with Crippen LogP contribution < -0.4 is 0 Å². The SMILES string of the molecule is CC#CC#CC#CC#CC#CC#CC#CC#CC#CC#CC#CC#CC#CC#CC#CC#CC#CC#CC#CC#CC#CC#CC#CC#CC#CC#CC#CC. The van der Waals surface area contributed by atoms with E-state index in [4.69, 9.17) is 0 Å². The molecular weight excluding hydrogens is 673 g/mol. The van der Waals surface area contributed by atoms with Crippen LogP contribution in [-0.2, 0) is 0 Å². The van der Waals surface area contributed by atoms with E-state index in [-0.39, 0.29) is 0 Å². The molecule has 0 saturated heterocycles. The molecule has 0 unspecified atom stereocenters. The predicted molar refractivity (Wildman–Crippen MR) is 221 cm³/mol. The van der Waals surface area contributed by atoms with Crippen LogP contribution in [0.1, 0.15) is 13.8 Å². The summed E-state index contributed by atoms with van der Waals surface area (Å²) >= 11 is 0. The van der Waals surface area contributed by atoms with E-state index in [1.165, 1.54) is 0 Å². The monoisotopic (exact) mass is 678 g/mol. The lowest BCUT2D eigenvalue weighted by Gasteiger charge is -1.57. The second-order valence-electron chi connectivity index (χ2n) is 7.00. The second-order valence-corrected chi connectivity index (χ2v) is 7.00. The molecule has 0 atom stereocenters. The molecule has 0 rings (SSSR count). The third-order valence-corrected chi connectivity index (χ3v) is 3.44. The van der Waals surface area contributed by atoms with Gasteiger partial charge in [0, 0.05) is 213 Å². The van der Waals surface area contributed by atoms with Crippen LogP contribution in [0.3, 0.4) is 0 Å². The van der Waals surface area contributed by atoms with Gasteiger partial charge in [-0.25, -0.2) is 0 Å². The Morgan fingerprint density at radius 1 is 0.0893 bits per heavy atom. The summed E-state index contributed by atoms with van der Waals surface area (Å²) < 4.78 is 0. The zero-order valence-corrected chi connectivity index (χ0v) is 29.0. The van der Waals surface area contributed by atoms with E-state index >= 15 is 0 Å². The summed E-state index contributed by atoms with van der Waals surface area (Å²) in [6.07, 6.45) is 0. The fourth-order valence-electron chi connectivity index (χ4n) is 1.69. The van der Waals surface area contributed by atoms with E-state index in [0.717, 1.165) is 0 Å². The zero-order chi connectivity index (χ0) is 40.2. The van der Waals surface area contributed by atoms with Gasteiger partial charge in [0.1, 0.15) is 0 Å². The first-order chi connectivity index (χ1) is 27.9. The second kappa shape index (κ2) is 43.1. The molecule has 0 bridgehead atoms. The van der Waals surface area contributed by atoms with Crippen LogP contribution in [0.2, 0.25) is 0 Å². The summed E-state index contributed by atoms with van der Waals surface area (Å²) in [7, 11) is 0. The molecule has 0 aliphatic rings. The minimum Gasteiger partial charge on any atom is -0.0925 e. The van der Waals surface area contributed by atoms with Gasteiger partial charge >= 0.3 is 0 Å². The Balaban J connectivity index is 4.57. The zero-order valence-electron chi connectivity index (χ0n) is 29.0. The lowest BCUT2D eigenvalue weighted by atomic mass is 10.4. The van der Waals surface area contributed by atoms with E-state index in [9.17, 15) is 0 Å². The van der Waals surface area contributed by atoms with Gasteiger partial charge in [-0.15, -0.1) is 0 Å². The first-order valence-electron chi connectivity index (χ1n) is 14.2. The van der Waals surface area contributed by atoms with Crippen LogP contribution >= 0.6 is 0 Å². The summed E-state index contributed by atoms with van der Waals surface area (Å²) in [5, 5.41) is 0. The maximum Gasteiger partial charge on any atom is 0 e. The highest BCUT2D eigenvalue weighted by molar-refractivity contribution is 5.51. The largest absolute Gasteiger partial charge is 0.0925 e. The fourth-order valence-corrected chi connectivity index (χ4v) is 1.69. The summed E-state index contributed by atoms with van der Waals surface area (Å²) in [6, 6.07) is 0. The maximum absolute atomic E-state index is 2.63. The van der Waals surface area contributed by atoms with E-state index in [0.29, 0.717) is 0 Å². The van der Waals surface area contributed by atoms with Crippen molar-refractivity contribution in [3.63, 3.8) is 0 Å². The van der Waals surface area contributed by atoms with Crippen LogP contribution in [0.25, 0.3) is 0 Å². The predicted octanol–water partition coefficient (Wildman–Crippen LogP) is 1.12. The third kappa shape index (κ3) is 42.1. The van der Waals surface area contributed by atoms with Crippen LogP contribution in [0.4, 0.5) is 0 Å². The first-order valence-corrected chi connectivity index (χ1v) is 14.2. The standard InChI is InChI=1S/C56H6/c1-3-5-7-9-11-13-15-17-19-21-23-25-27-29-31-33-35-37-39-41-43-45-47-49-51-53-55-56-54-52-50-48-46-44-42-40-38-36-34-32-30-28-26-24-22-20-18-16-14-12-10-8-6-4-2/h1-2H3. The van der Waals surface area contributed by atoms with E-state index in [1.807, 2.05) is 0 Å². The van der Waals surface area contributed by atoms with Crippen molar-refractivity contribution < 1.29 is 0 Å². The summed E-state index contributed by atoms with van der Waals surface area (Å²) in [4.78, 5) is 0. The lowest BCUT2D eigenvalue weighted by molar-refractivity contribution is 1.92. The van der Waals surface area contributed by atoms with Gasteiger partial charge in [-0.2, -0.15) is 0 Å². The van der Waals surface area contributed by atoms with Crippen molar-refractivity contribution in [3.05, 3.63) is 0 Å². The Morgan fingerprint density at radius 2 is 0.143 bits per heavy atom. The fraction of sp³-hybridized carbons (Fsp3) is 0.0357. The van der Waals surface area contributed by atoms with Crippen molar-refractivity contribution in [1.82, 2.24) is 0 Å². The smallest absolute Gasteiger partial charge is 0 e. The van der Waals surface area contributed by atoms with Gasteiger partial charge in [0.15, 0.2) is 0 Å². The summed E-state index contributed by atoms with van der Waals surface area (Å²) in [5.41, 5.74) is 0. The Morgan fingerprint density at radius 3 is 0.196 bits per heavy atom. The molecule has 0 spiro atoms. The van der Waals surface area contributed by atoms with Crippen LogP contribution in [0, 0.1) is 320 Å². The number of hydrogen-bond acceptors (Lipinski definition) is 0. The highest BCUT2D eigenvalue weighted by atomic mass is 13.6. The molecular formula is C56H6. The maximum atomic E-state index is 2.63. The van der Waals surface area contributed by atoms with Crippen LogP contribution in [-0.4, -0.2) is 0 Å². The molecule has 0 aromatic carbocycles. The average Bonchev–Trinajstić information content (AvgIpc) is 3.21. The van der Waals surface area contributed by atoms with Gasteiger partial charge in [0.25, 0.3) is 0 Å². The quantitative estimate of drug-likeness (QED) is 0.338. The Labute approximate surface area is 332 Å². The molecule has 0 saturated carbocycles. The van der Waals surface area contributed by atoms with Gasteiger partial charge in [-0.1, -0.05) is 11.8 Å². The molecule has 0 aliphatic heterocycles. The summed E-state index contributed by atoms with van der Waals surface area (Å²) in [6.45, 7) is 3.37. The number of rotatable bonds is 0. The Bertz CT molecular complexity index is 3230. The molecule has 0 amide bonds. The van der Waals surface area contributed by atoms with Crippen LogP contribution in [0.15, 0.2) is 0 Å². The van der Waals surface area contributed by atoms with Crippen molar-refractivity contribution in [2.45, 2.75) is 13.8 Å². The van der Waals surface area contributed by atoms with E-state index < -0.39 is 0 Å². The average molecular weight is 679 g/mol. The molecule has 0 heteroatoms. The topological polar surface area (TPSA) is 0 Å². The van der Waals surface area contributed by atoms with Crippen molar-refractivity contribution in [2.75, 3.05) is 0 Å². The van der Waals surface area contributed by atoms with Gasteiger partial charge < -0.3 is 0 Å². The van der Waals surface area contributed by atoms with Gasteiger partial charge in [0.2, 0.25) is 0 Å². The molecule has 0 fully saturated rings. The normalized spacial score (nSPS) is 3.96. The Kier molecular flexibility index (Phi) is 34.0. The van der Waals surface area contributed by atoms with Crippen molar-refractivity contribution in [1.29, 1.82) is 0 Å². The van der Waals surface area contributed by atoms with Crippen molar-refractivity contribution >= 4 is 0 Å². The molecule has 56 heavy (non-hydrogen) atoms. The van der Waals surface area contributed by atoms with Crippen molar-refractivity contribution in [2.24, 2.45) is 0 Å². The molecule has 0 radical (unpaired) electrons. The van der Waals surface area contributed by atoms with Gasteiger partial charge in [-0.3, -0.25) is 0 Å². The molecule has 0 aliphatic carbocycles. The van der Waals surface area contributed by atoms with Crippen molar-refractivity contribution in [3.8, 4) is 320 Å². The van der Waals surface area contributed by atoms with E-state index in [2.05, 4.69) is 320 Å². The van der Waals surface area contributed by atoms with Gasteiger partial charge in [0.05, 0.1) is 0 Å². The lowest BCUT2D eigenvalue weighted by Crippen LogP contribution is -1.57. The van der Waals surface area contributed by atoms with E-state index in [1.54, 1.807) is 13.8 Å². The molecule has 0 aromatic rings. The molecule has 0 N–H and O–H groups in total. The molecule has 0 heterocycles. The minimum atomic E-state index is 1.69. The number of hydrogen-bond donors (Lipinski definition) is 0. The highest BCUT2D eigenvalue weighted by Crippen LogP contribution is 1.63. The third-order valence-electron chi connectivity index (χ3n) is 3.44. The van der Waals surface area contributed by atoms with Crippen LogP contribution in [0.5, 0.6) is 0 Å². The van der Waals surface area contributed by atoms with Gasteiger partial charge in [-0.05, 0) is 109 Å². The molecule has 0 nitrogen and oxygen atoms in total. The summed E-state index contributed by atoms with van der Waals surface area (Å²) in [5.74, 6) is 136. The Hall–Kier alpha value is -11.9. The first kappa shape index (κ1) is 44.1. The highest BCUT2D eigenvalue weighted by Gasteiger charge is 1.62. The minimum absolute atomic E-state index is 1.69.